The molecule has 0 aromatic heterocycles. The molecule has 1 aliphatic heterocycles. The van der Waals surface area contributed by atoms with Crippen molar-refractivity contribution in [2.24, 2.45) is 0 Å². The van der Waals surface area contributed by atoms with Crippen molar-refractivity contribution in [3.05, 3.63) is 58.1 Å². The largest absolute Gasteiger partial charge is 0.493 e. The lowest BCUT2D eigenvalue weighted by molar-refractivity contribution is -0.120. The fraction of sp³-hybridized carbons (Fsp3) is 0.409. The molecule has 3 rings (SSSR count). The maximum absolute atomic E-state index is 12.8. The van der Waals surface area contributed by atoms with Crippen LogP contribution in [0.15, 0.2) is 36.4 Å². The van der Waals surface area contributed by atoms with Crippen LogP contribution in [0.3, 0.4) is 0 Å². The Morgan fingerprint density at radius 3 is 2.48 bits per heavy atom. The zero-order chi connectivity index (χ0) is 22.4. The van der Waals surface area contributed by atoms with Crippen molar-refractivity contribution in [1.29, 1.82) is 0 Å². The number of amides is 1. The van der Waals surface area contributed by atoms with Crippen LogP contribution in [0.5, 0.6) is 11.5 Å². The third kappa shape index (κ3) is 5.90. The number of fused-ring (bicyclic) bond motifs is 1. The van der Waals surface area contributed by atoms with Crippen molar-refractivity contribution in [2.75, 3.05) is 33.1 Å². The number of sulfonamides is 1. The fourth-order valence-corrected chi connectivity index (χ4v) is 5.26. The molecule has 1 N–H and O–H groups in total. The molecule has 1 amide bonds. The summed E-state index contributed by atoms with van der Waals surface area (Å²) >= 11 is 6.07. The van der Waals surface area contributed by atoms with Crippen LogP contribution >= 0.6 is 11.6 Å². The average molecular weight is 467 g/mol. The number of ether oxygens (including phenoxy) is 2. The summed E-state index contributed by atoms with van der Waals surface area (Å²) in [6.07, 6.45) is 1.12. The molecule has 1 aliphatic rings. The van der Waals surface area contributed by atoms with E-state index >= 15 is 0 Å². The first-order chi connectivity index (χ1) is 14.8. The van der Waals surface area contributed by atoms with Gasteiger partial charge in [-0.25, -0.2) is 8.42 Å². The van der Waals surface area contributed by atoms with Gasteiger partial charge in [0.25, 0.3) is 0 Å². The summed E-state index contributed by atoms with van der Waals surface area (Å²) in [6.45, 7) is 1.01. The molecule has 0 aliphatic carbocycles. The molecule has 168 valence electrons. The quantitative estimate of drug-likeness (QED) is 0.574. The maximum Gasteiger partial charge on any atom is 0.224 e. The lowest BCUT2D eigenvalue weighted by atomic mass is 10.0. The van der Waals surface area contributed by atoms with Crippen LogP contribution in [-0.2, 0) is 34.2 Å². The van der Waals surface area contributed by atoms with Crippen molar-refractivity contribution in [3.63, 3.8) is 0 Å². The van der Waals surface area contributed by atoms with Gasteiger partial charge in [-0.3, -0.25) is 4.79 Å². The second-order valence-electron chi connectivity index (χ2n) is 7.35. The Labute approximate surface area is 188 Å². The Bertz CT molecular complexity index is 1040. The Morgan fingerprint density at radius 2 is 1.81 bits per heavy atom. The Kier molecular flexibility index (Phi) is 7.80. The minimum Gasteiger partial charge on any atom is -0.493 e. The van der Waals surface area contributed by atoms with Gasteiger partial charge in [0.1, 0.15) is 0 Å². The third-order valence-corrected chi connectivity index (χ3v) is 7.56. The van der Waals surface area contributed by atoms with Crippen LogP contribution in [-0.4, -0.2) is 51.7 Å². The van der Waals surface area contributed by atoms with Crippen molar-refractivity contribution in [2.45, 2.75) is 25.8 Å². The predicted molar refractivity (Wildman–Crippen MR) is 120 cm³/mol. The number of nitrogens with one attached hydrogen (secondary N) is 1. The molecule has 0 spiro atoms. The second kappa shape index (κ2) is 10.3. The number of carbonyl (C=O) groups excluding carboxylic acids is 1. The number of methoxy groups -OCH3 is 2. The molecule has 0 saturated carbocycles. The zero-order valence-electron chi connectivity index (χ0n) is 17.7. The van der Waals surface area contributed by atoms with E-state index in [2.05, 4.69) is 5.32 Å². The highest BCUT2D eigenvalue weighted by Crippen LogP contribution is 2.33. The average Bonchev–Trinajstić information content (AvgIpc) is 2.76. The van der Waals surface area contributed by atoms with Crippen molar-refractivity contribution in [3.8, 4) is 11.5 Å². The van der Waals surface area contributed by atoms with Crippen molar-refractivity contribution in [1.82, 2.24) is 9.62 Å². The summed E-state index contributed by atoms with van der Waals surface area (Å²) in [6, 6.07) is 10.9. The first kappa shape index (κ1) is 23.4. The molecule has 0 bridgehead atoms. The lowest BCUT2D eigenvalue weighted by Gasteiger charge is -2.29. The highest BCUT2D eigenvalue weighted by Gasteiger charge is 2.27. The van der Waals surface area contributed by atoms with E-state index in [4.69, 9.17) is 21.1 Å². The molecule has 7 nitrogen and oxygen atoms in total. The smallest absolute Gasteiger partial charge is 0.224 e. The second-order valence-corrected chi connectivity index (χ2v) is 9.84. The molecule has 2 aromatic carbocycles. The van der Waals surface area contributed by atoms with Crippen LogP contribution in [0.25, 0.3) is 0 Å². The fourth-order valence-electron chi connectivity index (χ4n) is 3.58. The van der Waals surface area contributed by atoms with Gasteiger partial charge in [-0.15, -0.1) is 0 Å². The summed E-state index contributed by atoms with van der Waals surface area (Å²) in [5.74, 6) is 1.02. The number of rotatable bonds is 9. The third-order valence-electron chi connectivity index (χ3n) is 5.29. The maximum atomic E-state index is 12.8. The van der Waals surface area contributed by atoms with Gasteiger partial charge in [-0.1, -0.05) is 29.8 Å². The van der Waals surface area contributed by atoms with E-state index in [9.17, 15) is 13.2 Å². The molecule has 9 heteroatoms. The summed E-state index contributed by atoms with van der Waals surface area (Å²) in [5.41, 5.74) is 2.73. The van der Waals surface area contributed by atoms with Crippen molar-refractivity contribution >= 4 is 27.5 Å². The van der Waals surface area contributed by atoms with Gasteiger partial charge in [-0.2, -0.15) is 4.31 Å². The standard InChI is InChI=1S/C22H27ClN2O5S/c1-29-20-12-16-8-10-25(15-18(16)13-21(20)30-2)31(27,28)11-5-9-24-22(26)14-17-6-3-4-7-19(17)23/h3-4,6-7,12-13H,5,8-11,14-15H2,1-2H3,(H,24,26). The summed E-state index contributed by atoms with van der Waals surface area (Å²) in [4.78, 5) is 12.1. The lowest BCUT2D eigenvalue weighted by Crippen LogP contribution is -2.38. The molecule has 31 heavy (non-hydrogen) atoms. The highest BCUT2D eigenvalue weighted by molar-refractivity contribution is 7.89. The van der Waals surface area contributed by atoms with E-state index in [1.165, 1.54) is 4.31 Å². The van der Waals surface area contributed by atoms with E-state index < -0.39 is 10.0 Å². The first-order valence-corrected chi connectivity index (χ1v) is 12.0. The van der Waals surface area contributed by atoms with E-state index in [0.29, 0.717) is 42.5 Å². The minimum absolute atomic E-state index is 0.0258. The van der Waals surface area contributed by atoms with Crippen LogP contribution in [0.4, 0.5) is 0 Å². The molecule has 2 aromatic rings. The number of hydrogen-bond acceptors (Lipinski definition) is 5. The Balaban J connectivity index is 1.51. The van der Waals surface area contributed by atoms with Gasteiger partial charge in [0.2, 0.25) is 15.9 Å². The number of halogens is 1. The minimum atomic E-state index is -3.44. The Morgan fingerprint density at radius 1 is 1.13 bits per heavy atom. The zero-order valence-corrected chi connectivity index (χ0v) is 19.3. The van der Waals surface area contributed by atoms with Crippen LogP contribution in [0, 0.1) is 0 Å². The molecule has 0 fully saturated rings. The molecule has 0 saturated heterocycles. The van der Waals surface area contributed by atoms with Gasteiger partial charge < -0.3 is 14.8 Å². The van der Waals surface area contributed by atoms with Crippen LogP contribution in [0.2, 0.25) is 5.02 Å². The molecule has 0 unspecified atom stereocenters. The number of carbonyl (C=O) groups is 1. The summed E-state index contributed by atoms with van der Waals surface area (Å²) < 4.78 is 37.7. The van der Waals surface area contributed by atoms with E-state index in [1.54, 1.807) is 32.4 Å². The summed E-state index contributed by atoms with van der Waals surface area (Å²) in [5, 5.41) is 3.31. The van der Waals surface area contributed by atoms with E-state index in [0.717, 1.165) is 16.7 Å². The van der Waals surface area contributed by atoms with Gasteiger partial charge in [0.05, 0.1) is 26.4 Å². The van der Waals surface area contributed by atoms with Crippen molar-refractivity contribution < 1.29 is 22.7 Å². The molecule has 0 radical (unpaired) electrons. The van der Waals surface area contributed by atoms with Gasteiger partial charge in [0.15, 0.2) is 11.5 Å². The van der Waals surface area contributed by atoms with E-state index in [1.807, 2.05) is 18.2 Å². The first-order valence-electron chi connectivity index (χ1n) is 10.1. The van der Waals surface area contributed by atoms with Crippen LogP contribution in [0.1, 0.15) is 23.1 Å². The highest BCUT2D eigenvalue weighted by atomic mass is 35.5. The van der Waals surface area contributed by atoms with Gasteiger partial charge >= 0.3 is 0 Å². The SMILES string of the molecule is COc1cc2c(cc1OC)CN(S(=O)(=O)CCCNC(=O)Cc1ccccc1Cl)CC2. The number of nitrogens with zero attached hydrogens (tertiary/aromatic N) is 1. The number of hydrogen-bond donors (Lipinski definition) is 1. The number of benzene rings is 2. The monoisotopic (exact) mass is 466 g/mol. The van der Waals surface area contributed by atoms with Gasteiger partial charge in [-0.05, 0) is 47.7 Å². The van der Waals surface area contributed by atoms with Crippen LogP contribution < -0.4 is 14.8 Å². The summed E-state index contributed by atoms with van der Waals surface area (Å²) in [7, 11) is -0.298. The van der Waals surface area contributed by atoms with Gasteiger partial charge in [0, 0.05) is 24.7 Å². The Hall–Kier alpha value is -2.29. The molecule has 0 atom stereocenters. The van der Waals surface area contributed by atoms with E-state index in [-0.39, 0.29) is 24.6 Å². The molecular formula is C22H27ClN2O5S. The molecular weight excluding hydrogens is 440 g/mol. The molecule has 1 heterocycles. The topological polar surface area (TPSA) is 84.9 Å². The predicted octanol–water partition coefficient (Wildman–Crippen LogP) is 2.79. The normalized spacial score (nSPS) is 14.0.